The molecular weight excluding hydrogens is 278 g/mol. The second-order valence-corrected chi connectivity index (χ2v) is 4.81. The van der Waals surface area contributed by atoms with E-state index >= 15 is 0 Å². The molecule has 0 heterocycles. The van der Waals surface area contributed by atoms with Gasteiger partial charge in [0.15, 0.2) is 5.76 Å². The van der Waals surface area contributed by atoms with E-state index in [0.717, 1.165) is 6.54 Å². The molecule has 0 rings (SSSR count). The standard InChI is InChI=1S/C14H25NO4S/c1-4-18-10-11-19-9-8-15(2)7-5-13(16)14(17)6-12-20-3/h5-6,12,16H,4,7-11H2,1-3H3/b12-6-,13-5-. The van der Waals surface area contributed by atoms with Crippen LogP contribution in [-0.2, 0) is 14.3 Å². The molecule has 6 heteroatoms. The average Bonchev–Trinajstić information content (AvgIpc) is 2.45. The van der Waals surface area contributed by atoms with Crippen LogP contribution in [0.25, 0.3) is 0 Å². The molecule has 0 spiro atoms. The highest BCUT2D eigenvalue weighted by molar-refractivity contribution is 8.01. The molecule has 0 aliphatic heterocycles. The number of ether oxygens (including phenoxy) is 2. The van der Waals surface area contributed by atoms with Gasteiger partial charge in [-0.25, -0.2) is 0 Å². The number of rotatable bonds is 12. The highest BCUT2D eigenvalue weighted by atomic mass is 32.2. The quantitative estimate of drug-likeness (QED) is 0.337. The maximum atomic E-state index is 11.4. The molecule has 0 fully saturated rings. The van der Waals surface area contributed by atoms with Gasteiger partial charge in [0.05, 0.1) is 19.8 Å². The van der Waals surface area contributed by atoms with Crippen LogP contribution < -0.4 is 0 Å². The zero-order valence-electron chi connectivity index (χ0n) is 12.5. The van der Waals surface area contributed by atoms with Crippen molar-refractivity contribution in [3.05, 3.63) is 23.3 Å². The number of hydrogen-bond donors (Lipinski definition) is 1. The van der Waals surface area contributed by atoms with Crippen molar-refractivity contribution in [2.75, 3.05) is 52.8 Å². The van der Waals surface area contributed by atoms with Crippen molar-refractivity contribution in [1.82, 2.24) is 4.90 Å². The maximum absolute atomic E-state index is 11.4. The van der Waals surface area contributed by atoms with Crippen LogP contribution in [0.3, 0.4) is 0 Å². The summed E-state index contributed by atoms with van der Waals surface area (Å²) in [5, 5.41) is 11.2. The van der Waals surface area contributed by atoms with Crippen molar-refractivity contribution < 1.29 is 19.4 Å². The van der Waals surface area contributed by atoms with E-state index in [1.807, 2.05) is 25.1 Å². The monoisotopic (exact) mass is 303 g/mol. The summed E-state index contributed by atoms with van der Waals surface area (Å²) in [5.74, 6) is -0.597. The largest absolute Gasteiger partial charge is 0.504 e. The Kier molecular flexibility index (Phi) is 12.6. The highest BCUT2D eigenvalue weighted by Crippen LogP contribution is 1.99. The van der Waals surface area contributed by atoms with Crippen LogP contribution in [0.4, 0.5) is 0 Å². The molecule has 0 atom stereocenters. The van der Waals surface area contributed by atoms with E-state index in [1.54, 1.807) is 5.41 Å². The Labute approximate surface area is 125 Å². The molecule has 0 bridgehead atoms. The smallest absolute Gasteiger partial charge is 0.220 e. The van der Waals surface area contributed by atoms with E-state index in [9.17, 15) is 9.90 Å². The van der Waals surface area contributed by atoms with Gasteiger partial charge in [-0.15, -0.1) is 11.8 Å². The molecule has 20 heavy (non-hydrogen) atoms. The normalized spacial score (nSPS) is 12.5. The molecule has 0 amide bonds. The van der Waals surface area contributed by atoms with Crippen molar-refractivity contribution in [2.45, 2.75) is 6.92 Å². The first kappa shape index (κ1) is 19.2. The Morgan fingerprint density at radius 3 is 2.65 bits per heavy atom. The summed E-state index contributed by atoms with van der Waals surface area (Å²) < 4.78 is 10.5. The van der Waals surface area contributed by atoms with Gasteiger partial charge < -0.3 is 19.5 Å². The van der Waals surface area contributed by atoms with E-state index in [1.165, 1.54) is 23.9 Å². The number of thioether (sulfide) groups is 1. The summed E-state index contributed by atoms with van der Waals surface area (Å²) in [6, 6.07) is 0. The van der Waals surface area contributed by atoms with Crippen LogP contribution in [0.5, 0.6) is 0 Å². The predicted molar refractivity (Wildman–Crippen MR) is 83.2 cm³/mol. The van der Waals surface area contributed by atoms with Gasteiger partial charge in [-0.3, -0.25) is 4.79 Å². The van der Waals surface area contributed by atoms with E-state index in [4.69, 9.17) is 9.47 Å². The molecule has 0 unspecified atom stereocenters. The van der Waals surface area contributed by atoms with Gasteiger partial charge in [-0.2, -0.15) is 0 Å². The van der Waals surface area contributed by atoms with Crippen LogP contribution in [0.2, 0.25) is 0 Å². The fraction of sp³-hybridized carbons (Fsp3) is 0.643. The third kappa shape index (κ3) is 11.0. The summed E-state index contributed by atoms with van der Waals surface area (Å²) in [6.07, 6.45) is 4.71. The van der Waals surface area contributed by atoms with E-state index in [-0.39, 0.29) is 11.5 Å². The SMILES string of the molecule is CCOCCOCCN(C)C/C=C(\O)C(=O)/C=C\SC. The molecule has 5 nitrogen and oxygen atoms in total. The van der Waals surface area contributed by atoms with Crippen LogP contribution in [0, 0.1) is 0 Å². The summed E-state index contributed by atoms with van der Waals surface area (Å²) in [5.41, 5.74) is 0. The number of hydrogen-bond acceptors (Lipinski definition) is 6. The number of nitrogens with zero attached hydrogens (tertiary/aromatic N) is 1. The molecule has 0 aliphatic rings. The van der Waals surface area contributed by atoms with E-state index in [0.29, 0.717) is 33.0 Å². The molecule has 0 radical (unpaired) electrons. The zero-order valence-corrected chi connectivity index (χ0v) is 13.3. The fourth-order valence-corrected chi connectivity index (χ4v) is 1.49. The third-order valence-electron chi connectivity index (χ3n) is 2.40. The summed E-state index contributed by atoms with van der Waals surface area (Å²) in [6.45, 7) is 5.66. The molecule has 0 aromatic rings. The molecule has 1 N–H and O–H groups in total. The Bertz CT molecular complexity index is 318. The van der Waals surface area contributed by atoms with Gasteiger partial charge >= 0.3 is 0 Å². The fourth-order valence-electron chi connectivity index (χ4n) is 1.23. The number of carbonyl (C=O) groups excluding carboxylic acids is 1. The minimum absolute atomic E-state index is 0.223. The lowest BCUT2D eigenvalue weighted by Gasteiger charge is -2.14. The molecule has 0 saturated heterocycles. The van der Waals surface area contributed by atoms with Gasteiger partial charge in [-0.1, -0.05) is 0 Å². The van der Waals surface area contributed by atoms with Gasteiger partial charge in [0.1, 0.15) is 0 Å². The van der Waals surface area contributed by atoms with Crippen LogP contribution in [-0.4, -0.2) is 68.6 Å². The topological polar surface area (TPSA) is 59.0 Å². The van der Waals surface area contributed by atoms with Crippen molar-refractivity contribution in [3.8, 4) is 0 Å². The average molecular weight is 303 g/mol. The van der Waals surface area contributed by atoms with Gasteiger partial charge in [-0.05, 0) is 37.8 Å². The molecule has 0 aromatic carbocycles. The van der Waals surface area contributed by atoms with Gasteiger partial charge in [0, 0.05) is 19.7 Å². The van der Waals surface area contributed by atoms with E-state index < -0.39 is 0 Å². The number of aliphatic hydroxyl groups excluding tert-OH is 1. The molecule has 0 aromatic heterocycles. The van der Waals surface area contributed by atoms with Crippen molar-refractivity contribution >= 4 is 17.5 Å². The number of likely N-dealkylation sites (N-methyl/N-ethyl adjacent to an activating group) is 1. The number of aliphatic hydroxyl groups is 1. The molecular formula is C14H25NO4S. The van der Waals surface area contributed by atoms with Gasteiger partial charge in [0.2, 0.25) is 5.78 Å². The first-order valence-electron chi connectivity index (χ1n) is 6.58. The summed E-state index contributed by atoms with van der Waals surface area (Å²) in [7, 11) is 1.90. The number of ketones is 1. The van der Waals surface area contributed by atoms with Crippen LogP contribution in [0.1, 0.15) is 6.92 Å². The zero-order chi connectivity index (χ0) is 15.2. The Balaban J connectivity index is 3.77. The molecule has 116 valence electrons. The second kappa shape index (κ2) is 13.2. The minimum atomic E-state index is -0.374. The molecule has 0 saturated carbocycles. The number of allylic oxidation sites excluding steroid dienone is 1. The Morgan fingerprint density at radius 2 is 2.00 bits per heavy atom. The lowest BCUT2D eigenvalue weighted by Crippen LogP contribution is -2.24. The highest BCUT2D eigenvalue weighted by Gasteiger charge is 2.03. The van der Waals surface area contributed by atoms with Crippen LogP contribution >= 0.6 is 11.8 Å². The lowest BCUT2D eigenvalue weighted by atomic mass is 10.3. The summed E-state index contributed by atoms with van der Waals surface area (Å²) >= 11 is 1.41. The minimum Gasteiger partial charge on any atom is -0.504 e. The predicted octanol–water partition coefficient (Wildman–Crippen LogP) is 1.86. The lowest BCUT2D eigenvalue weighted by molar-refractivity contribution is -0.113. The van der Waals surface area contributed by atoms with Crippen molar-refractivity contribution in [3.63, 3.8) is 0 Å². The maximum Gasteiger partial charge on any atom is 0.220 e. The second-order valence-electron chi connectivity index (χ2n) is 4.06. The Hall–Kier alpha value is -0.820. The Morgan fingerprint density at radius 1 is 1.30 bits per heavy atom. The number of carbonyl (C=O) groups is 1. The van der Waals surface area contributed by atoms with Gasteiger partial charge in [0.25, 0.3) is 0 Å². The first-order chi connectivity index (χ1) is 9.61. The van der Waals surface area contributed by atoms with Crippen molar-refractivity contribution in [1.29, 1.82) is 0 Å². The van der Waals surface area contributed by atoms with Crippen LogP contribution in [0.15, 0.2) is 23.3 Å². The summed E-state index contributed by atoms with van der Waals surface area (Å²) in [4.78, 5) is 13.4. The third-order valence-corrected chi connectivity index (χ3v) is 2.81. The van der Waals surface area contributed by atoms with E-state index in [2.05, 4.69) is 0 Å². The first-order valence-corrected chi connectivity index (χ1v) is 7.87. The molecule has 0 aliphatic carbocycles. The van der Waals surface area contributed by atoms with Crippen molar-refractivity contribution in [2.24, 2.45) is 0 Å².